The molecule has 31 heavy (non-hydrogen) atoms. The third kappa shape index (κ3) is 3.30. The summed E-state index contributed by atoms with van der Waals surface area (Å²) >= 11 is 12.5. The lowest BCUT2D eigenvalue weighted by Gasteiger charge is -2.29. The molecule has 0 saturated heterocycles. The predicted octanol–water partition coefficient (Wildman–Crippen LogP) is 4.88. The quantitative estimate of drug-likeness (QED) is 0.460. The number of halogens is 2. The molecule has 1 aliphatic heterocycles. The Morgan fingerprint density at radius 3 is 2.81 bits per heavy atom. The summed E-state index contributed by atoms with van der Waals surface area (Å²) in [5.41, 5.74) is 2.49. The summed E-state index contributed by atoms with van der Waals surface area (Å²) in [5.74, 6) is -0.00340. The van der Waals surface area contributed by atoms with Crippen LogP contribution in [0.3, 0.4) is 0 Å². The van der Waals surface area contributed by atoms with E-state index in [-0.39, 0.29) is 30.0 Å². The molecule has 2 N–H and O–H groups in total. The zero-order valence-electron chi connectivity index (χ0n) is 15.7. The van der Waals surface area contributed by atoms with Gasteiger partial charge in [-0.2, -0.15) is 10.2 Å². The van der Waals surface area contributed by atoms with Crippen LogP contribution in [0.2, 0.25) is 10.0 Å². The van der Waals surface area contributed by atoms with Crippen molar-refractivity contribution < 1.29 is 9.53 Å². The van der Waals surface area contributed by atoms with Crippen molar-refractivity contribution >= 4 is 57.3 Å². The zero-order valence-corrected chi connectivity index (χ0v) is 17.2. The second-order valence-electron chi connectivity index (χ2n) is 6.69. The van der Waals surface area contributed by atoms with E-state index in [4.69, 9.17) is 27.9 Å². The van der Waals surface area contributed by atoms with E-state index in [1.54, 1.807) is 30.5 Å². The third-order valence-electron chi connectivity index (χ3n) is 4.81. The second kappa shape index (κ2) is 7.47. The van der Waals surface area contributed by atoms with Crippen molar-refractivity contribution in [2.75, 3.05) is 16.9 Å². The highest BCUT2D eigenvalue weighted by molar-refractivity contribution is 6.40. The third-order valence-corrected chi connectivity index (χ3v) is 5.42. The minimum Gasteiger partial charge on any atom is -0.455 e. The standard InChI is InChI=1S/C21H12Cl2N6O2/c22-15-2-1-3-16(23)18(15)29-10-31-19-14(20(29)30)9-26-21(28-19)27-12-6-11(8-24)13-4-5-25-17(13)7-12/h1-7,9,25H,10H2,(H,26,27,28). The summed E-state index contributed by atoms with van der Waals surface area (Å²) in [4.78, 5) is 25.9. The summed E-state index contributed by atoms with van der Waals surface area (Å²) in [6, 6.07) is 12.5. The van der Waals surface area contributed by atoms with Crippen LogP contribution in [0, 0.1) is 11.3 Å². The molecule has 1 aliphatic rings. The van der Waals surface area contributed by atoms with E-state index < -0.39 is 0 Å². The fourth-order valence-corrected chi connectivity index (χ4v) is 3.99. The molecule has 0 unspecified atom stereocenters. The number of nitrogens with one attached hydrogen (secondary N) is 2. The topological polar surface area (TPSA) is 107 Å². The number of nitriles is 1. The van der Waals surface area contributed by atoms with E-state index in [1.807, 2.05) is 12.1 Å². The van der Waals surface area contributed by atoms with Gasteiger partial charge in [0.25, 0.3) is 5.91 Å². The monoisotopic (exact) mass is 450 g/mol. The Kier molecular flexibility index (Phi) is 4.62. The van der Waals surface area contributed by atoms with Crippen molar-refractivity contribution in [3.8, 4) is 11.9 Å². The number of hydrogen-bond donors (Lipinski definition) is 2. The lowest BCUT2D eigenvalue weighted by atomic mass is 10.1. The number of aromatic nitrogens is 3. The van der Waals surface area contributed by atoms with Gasteiger partial charge in [-0.05, 0) is 30.3 Å². The number of ether oxygens (including phenoxy) is 1. The Morgan fingerprint density at radius 1 is 1.23 bits per heavy atom. The number of hydrogen-bond acceptors (Lipinski definition) is 6. The highest BCUT2D eigenvalue weighted by atomic mass is 35.5. The maximum atomic E-state index is 13.0. The average molecular weight is 451 g/mol. The summed E-state index contributed by atoms with van der Waals surface area (Å²) < 4.78 is 5.69. The van der Waals surface area contributed by atoms with Crippen LogP contribution in [0.4, 0.5) is 17.3 Å². The van der Waals surface area contributed by atoms with Crippen LogP contribution in [0.15, 0.2) is 48.8 Å². The largest absolute Gasteiger partial charge is 0.455 e. The molecule has 0 radical (unpaired) electrons. The van der Waals surface area contributed by atoms with E-state index in [0.29, 0.717) is 27.0 Å². The van der Waals surface area contributed by atoms with Gasteiger partial charge in [0.1, 0.15) is 5.56 Å². The van der Waals surface area contributed by atoms with E-state index >= 15 is 0 Å². The first-order valence-electron chi connectivity index (χ1n) is 9.09. The van der Waals surface area contributed by atoms with Gasteiger partial charge in [-0.3, -0.25) is 9.69 Å². The lowest BCUT2D eigenvalue weighted by Crippen LogP contribution is -2.39. The molecule has 0 spiro atoms. The Labute approximate surface area is 186 Å². The summed E-state index contributed by atoms with van der Waals surface area (Å²) in [7, 11) is 0. The molecule has 152 valence electrons. The fraction of sp³-hybridized carbons (Fsp3) is 0.0476. The molecular formula is C21H12Cl2N6O2. The van der Waals surface area contributed by atoms with Crippen LogP contribution < -0.4 is 15.0 Å². The molecule has 0 atom stereocenters. The first kappa shape index (κ1) is 19.2. The summed E-state index contributed by atoms with van der Waals surface area (Å²) in [6.07, 6.45) is 3.14. The maximum Gasteiger partial charge on any atom is 0.268 e. The Balaban J connectivity index is 1.45. The van der Waals surface area contributed by atoms with Crippen molar-refractivity contribution in [2.45, 2.75) is 0 Å². The van der Waals surface area contributed by atoms with Gasteiger partial charge in [0.2, 0.25) is 11.8 Å². The van der Waals surface area contributed by atoms with Crippen molar-refractivity contribution in [3.63, 3.8) is 0 Å². The van der Waals surface area contributed by atoms with Crippen molar-refractivity contribution in [3.05, 3.63) is 70.0 Å². The number of benzene rings is 2. The molecule has 3 heterocycles. The van der Waals surface area contributed by atoms with Gasteiger partial charge in [-0.1, -0.05) is 29.3 Å². The van der Waals surface area contributed by atoms with Gasteiger partial charge >= 0.3 is 0 Å². The molecule has 0 bridgehead atoms. The minimum absolute atomic E-state index is 0.0985. The number of para-hydroxylation sites is 1. The van der Waals surface area contributed by atoms with Gasteiger partial charge in [0.05, 0.1) is 27.4 Å². The Bertz CT molecular complexity index is 1370. The van der Waals surface area contributed by atoms with Gasteiger partial charge in [-0.15, -0.1) is 0 Å². The van der Waals surface area contributed by atoms with Gasteiger partial charge < -0.3 is 15.0 Å². The SMILES string of the molecule is N#Cc1cc(Nc2ncc3c(n2)OCN(c2c(Cl)cccc2Cl)C3=O)cc2[nH]ccc12. The number of carbonyl (C=O) groups excluding carboxylic acids is 1. The van der Waals surface area contributed by atoms with Crippen LogP contribution in [0.5, 0.6) is 5.88 Å². The molecule has 5 rings (SSSR count). The molecule has 10 heteroatoms. The normalized spacial score (nSPS) is 12.9. The van der Waals surface area contributed by atoms with Crippen molar-refractivity contribution in [1.82, 2.24) is 15.0 Å². The number of carbonyl (C=O) groups is 1. The lowest BCUT2D eigenvalue weighted by molar-refractivity contribution is 0.0932. The van der Waals surface area contributed by atoms with Gasteiger partial charge in [-0.25, -0.2) is 4.98 Å². The average Bonchev–Trinajstić information content (AvgIpc) is 3.23. The first-order valence-corrected chi connectivity index (χ1v) is 9.84. The van der Waals surface area contributed by atoms with Crippen LogP contribution >= 0.6 is 23.2 Å². The first-order chi connectivity index (χ1) is 15.0. The summed E-state index contributed by atoms with van der Waals surface area (Å²) in [5, 5.41) is 13.9. The van der Waals surface area contributed by atoms with Gasteiger partial charge in [0.15, 0.2) is 6.73 Å². The zero-order chi connectivity index (χ0) is 21.5. The number of anilines is 3. The number of H-pyrrole nitrogens is 1. The number of aromatic amines is 1. The van der Waals surface area contributed by atoms with Crippen molar-refractivity contribution in [2.24, 2.45) is 0 Å². The van der Waals surface area contributed by atoms with Crippen LogP contribution in [0.1, 0.15) is 15.9 Å². The molecule has 2 aromatic heterocycles. The number of fused-ring (bicyclic) bond motifs is 2. The predicted molar refractivity (Wildman–Crippen MR) is 117 cm³/mol. The number of nitrogens with zero attached hydrogens (tertiary/aromatic N) is 4. The van der Waals surface area contributed by atoms with Crippen molar-refractivity contribution in [1.29, 1.82) is 5.26 Å². The smallest absolute Gasteiger partial charge is 0.268 e. The molecule has 0 fully saturated rings. The van der Waals surface area contributed by atoms with E-state index in [0.717, 1.165) is 10.9 Å². The van der Waals surface area contributed by atoms with E-state index in [9.17, 15) is 10.1 Å². The minimum atomic E-state index is -0.373. The molecule has 8 nitrogen and oxygen atoms in total. The van der Waals surface area contributed by atoms with E-state index in [2.05, 4.69) is 26.3 Å². The van der Waals surface area contributed by atoms with Crippen LogP contribution in [-0.4, -0.2) is 27.6 Å². The maximum absolute atomic E-state index is 13.0. The Morgan fingerprint density at radius 2 is 2.03 bits per heavy atom. The van der Waals surface area contributed by atoms with Crippen LogP contribution in [0.25, 0.3) is 10.9 Å². The molecular weight excluding hydrogens is 439 g/mol. The van der Waals surface area contributed by atoms with E-state index in [1.165, 1.54) is 11.1 Å². The summed E-state index contributed by atoms with van der Waals surface area (Å²) in [6.45, 7) is -0.0985. The Hall–Kier alpha value is -3.80. The van der Waals surface area contributed by atoms with Crippen LogP contribution in [-0.2, 0) is 0 Å². The molecule has 2 aromatic carbocycles. The molecule has 0 saturated carbocycles. The second-order valence-corrected chi connectivity index (χ2v) is 7.50. The molecule has 1 amide bonds. The highest BCUT2D eigenvalue weighted by Crippen LogP contribution is 2.37. The molecule has 0 aliphatic carbocycles. The highest BCUT2D eigenvalue weighted by Gasteiger charge is 2.31. The number of rotatable bonds is 3. The number of amides is 1. The van der Waals surface area contributed by atoms with Gasteiger partial charge in [0, 0.05) is 29.0 Å². The molecule has 4 aromatic rings. The fourth-order valence-electron chi connectivity index (χ4n) is 3.39.